The maximum Gasteiger partial charge on any atom is 0.255 e. The van der Waals surface area contributed by atoms with Crippen LogP contribution in [0.2, 0.25) is 0 Å². The molecule has 3 nitrogen and oxygen atoms in total. The van der Waals surface area contributed by atoms with E-state index < -0.39 is 0 Å². The van der Waals surface area contributed by atoms with E-state index in [-0.39, 0.29) is 30.2 Å². The lowest BCUT2D eigenvalue weighted by Crippen LogP contribution is -2.42. The average molecular weight is 364 g/mol. The molecule has 2 heterocycles. The smallest absolute Gasteiger partial charge is 0.255 e. The van der Waals surface area contributed by atoms with Gasteiger partial charge in [0.15, 0.2) is 0 Å². The van der Waals surface area contributed by atoms with Crippen LogP contribution in [0.5, 0.6) is 0 Å². The van der Waals surface area contributed by atoms with Crippen LogP contribution < -0.4 is 5.32 Å². The summed E-state index contributed by atoms with van der Waals surface area (Å²) in [5.41, 5.74) is 0.556. The fourth-order valence-corrected chi connectivity index (χ4v) is 3.64. The molecule has 2 aliphatic heterocycles. The average Bonchev–Trinajstić information content (AvgIpc) is 2.62. The van der Waals surface area contributed by atoms with Crippen LogP contribution in [0.3, 0.4) is 0 Å². The molecule has 20 heavy (non-hydrogen) atoms. The molecule has 6 heteroatoms. The molecule has 1 aromatic carbocycles. The summed E-state index contributed by atoms with van der Waals surface area (Å²) in [6.07, 6.45) is 3.14. The van der Waals surface area contributed by atoms with Crippen molar-refractivity contribution in [3.05, 3.63) is 34.1 Å². The van der Waals surface area contributed by atoms with Crippen LogP contribution in [0.15, 0.2) is 22.7 Å². The van der Waals surface area contributed by atoms with Crippen LogP contribution in [-0.4, -0.2) is 36.0 Å². The van der Waals surface area contributed by atoms with Gasteiger partial charge in [0.05, 0.1) is 5.56 Å². The third kappa shape index (κ3) is 2.85. The molecule has 0 aromatic heterocycles. The summed E-state index contributed by atoms with van der Waals surface area (Å²) >= 11 is 3.29. The first-order valence-electron chi connectivity index (χ1n) is 6.65. The predicted octanol–water partition coefficient (Wildman–Crippen LogP) is 2.98. The topological polar surface area (TPSA) is 32.3 Å². The van der Waals surface area contributed by atoms with Gasteiger partial charge in [0, 0.05) is 23.1 Å². The van der Waals surface area contributed by atoms with Gasteiger partial charge in [0.1, 0.15) is 5.82 Å². The monoisotopic (exact) mass is 362 g/mol. The zero-order valence-electron chi connectivity index (χ0n) is 10.9. The van der Waals surface area contributed by atoms with E-state index in [9.17, 15) is 9.18 Å². The number of rotatable bonds is 1. The Morgan fingerprint density at radius 3 is 2.80 bits per heavy atom. The van der Waals surface area contributed by atoms with Crippen LogP contribution in [0, 0.1) is 5.82 Å². The molecule has 3 rings (SSSR count). The van der Waals surface area contributed by atoms with E-state index in [0.29, 0.717) is 16.1 Å². The van der Waals surface area contributed by atoms with E-state index in [0.717, 1.165) is 32.4 Å². The highest BCUT2D eigenvalue weighted by molar-refractivity contribution is 9.10. The van der Waals surface area contributed by atoms with E-state index in [4.69, 9.17) is 0 Å². The number of hydrogen-bond acceptors (Lipinski definition) is 2. The van der Waals surface area contributed by atoms with Crippen molar-refractivity contribution in [2.24, 2.45) is 0 Å². The lowest BCUT2D eigenvalue weighted by Gasteiger charge is -2.28. The van der Waals surface area contributed by atoms with Crippen molar-refractivity contribution in [2.75, 3.05) is 13.1 Å². The number of fused-ring (bicyclic) bond motifs is 2. The summed E-state index contributed by atoms with van der Waals surface area (Å²) in [5.74, 6) is -0.313. The van der Waals surface area contributed by atoms with Gasteiger partial charge in [-0.05, 0) is 59.9 Å². The van der Waals surface area contributed by atoms with Gasteiger partial charge in [0.2, 0.25) is 0 Å². The van der Waals surface area contributed by atoms with Gasteiger partial charge in [0.25, 0.3) is 5.91 Å². The Kier molecular flexibility index (Phi) is 5.04. The number of nitrogens with one attached hydrogen (secondary N) is 1. The minimum absolute atomic E-state index is 0. The molecule has 2 aliphatic rings. The molecule has 0 aliphatic carbocycles. The van der Waals surface area contributed by atoms with Crippen molar-refractivity contribution < 1.29 is 9.18 Å². The molecular weight excluding hydrogens is 347 g/mol. The van der Waals surface area contributed by atoms with Gasteiger partial charge in [-0.3, -0.25) is 4.79 Å². The third-order valence-corrected chi connectivity index (χ3v) is 4.71. The zero-order valence-corrected chi connectivity index (χ0v) is 13.3. The summed E-state index contributed by atoms with van der Waals surface area (Å²) < 4.78 is 13.7. The number of carbonyl (C=O) groups is 1. The van der Waals surface area contributed by atoms with E-state index in [2.05, 4.69) is 21.2 Å². The van der Waals surface area contributed by atoms with Crippen LogP contribution in [0.4, 0.5) is 4.39 Å². The number of amides is 1. The quantitative estimate of drug-likeness (QED) is 0.832. The van der Waals surface area contributed by atoms with E-state index in [1.165, 1.54) is 12.1 Å². The SMILES string of the molecule is Cl.O=C(c1ccc(F)cc1Br)N1C2CCNCC1CC2. The molecule has 2 fully saturated rings. The molecule has 2 unspecified atom stereocenters. The Morgan fingerprint density at radius 2 is 2.05 bits per heavy atom. The Balaban J connectivity index is 0.00000147. The van der Waals surface area contributed by atoms with Gasteiger partial charge in [-0.15, -0.1) is 12.4 Å². The number of carbonyl (C=O) groups excluding carboxylic acids is 1. The minimum atomic E-state index is -0.330. The van der Waals surface area contributed by atoms with Gasteiger partial charge in [-0.2, -0.15) is 0 Å². The summed E-state index contributed by atoms with van der Waals surface area (Å²) in [4.78, 5) is 14.7. The molecule has 0 spiro atoms. The Morgan fingerprint density at radius 1 is 1.30 bits per heavy atom. The van der Waals surface area contributed by atoms with Gasteiger partial charge >= 0.3 is 0 Å². The fraction of sp³-hybridized carbons (Fsp3) is 0.500. The molecule has 1 aromatic rings. The highest BCUT2D eigenvalue weighted by atomic mass is 79.9. The van der Waals surface area contributed by atoms with Crippen molar-refractivity contribution in [2.45, 2.75) is 31.3 Å². The van der Waals surface area contributed by atoms with Crippen molar-refractivity contribution in [1.29, 1.82) is 0 Å². The lowest BCUT2D eigenvalue weighted by molar-refractivity contribution is 0.0679. The fourth-order valence-electron chi connectivity index (χ4n) is 3.12. The zero-order chi connectivity index (χ0) is 13.4. The van der Waals surface area contributed by atoms with Gasteiger partial charge in [-0.25, -0.2) is 4.39 Å². The minimum Gasteiger partial charge on any atom is -0.331 e. The summed E-state index contributed by atoms with van der Waals surface area (Å²) in [6.45, 7) is 1.83. The molecule has 110 valence electrons. The lowest BCUT2D eigenvalue weighted by atomic mass is 10.1. The van der Waals surface area contributed by atoms with Crippen molar-refractivity contribution >= 4 is 34.2 Å². The molecule has 1 N–H and O–H groups in total. The first kappa shape index (κ1) is 15.7. The van der Waals surface area contributed by atoms with Crippen molar-refractivity contribution in [1.82, 2.24) is 10.2 Å². The molecule has 0 saturated carbocycles. The summed E-state index contributed by atoms with van der Waals surface area (Å²) in [6, 6.07) is 4.86. The molecule has 1 amide bonds. The number of halogens is 3. The highest BCUT2D eigenvalue weighted by Crippen LogP contribution is 2.31. The van der Waals surface area contributed by atoms with Crippen LogP contribution in [0.25, 0.3) is 0 Å². The van der Waals surface area contributed by atoms with E-state index >= 15 is 0 Å². The Labute approximate surface area is 132 Å². The second kappa shape index (κ2) is 6.41. The summed E-state index contributed by atoms with van der Waals surface area (Å²) in [7, 11) is 0. The van der Waals surface area contributed by atoms with Crippen LogP contribution in [-0.2, 0) is 0 Å². The van der Waals surface area contributed by atoms with Crippen LogP contribution >= 0.6 is 28.3 Å². The summed E-state index contributed by atoms with van der Waals surface area (Å²) in [5, 5.41) is 3.37. The predicted molar refractivity (Wildman–Crippen MR) is 81.8 cm³/mol. The largest absolute Gasteiger partial charge is 0.331 e. The normalized spacial score (nSPS) is 25.0. The van der Waals surface area contributed by atoms with Crippen molar-refractivity contribution in [3.8, 4) is 0 Å². The van der Waals surface area contributed by atoms with Gasteiger partial charge in [-0.1, -0.05) is 0 Å². The molecule has 2 atom stereocenters. The molecule has 0 radical (unpaired) electrons. The second-order valence-corrected chi connectivity index (χ2v) is 6.07. The number of benzene rings is 1. The third-order valence-electron chi connectivity index (χ3n) is 4.05. The standard InChI is InChI=1S/C14H16BrFN2O.ClH/c15-13-7-9(16)1-4-12(13)14(19)18-10-2-3-11(18)8-17-6-5-10;/h1,4,7,10-11,17H,2-3,5-6,8H2;1H. The number of nitrogens with zero attached hydrogens (tertiary/aromatic N) is 1. The van der Waals surface area contributed by atoms with Crippen molar-refractivity contribution in [3.63, 3.8) is 0 Å². The second-order valence-electron chi connectivity index (χ2n) is 5.21. The Bertz CT molecular complexity index is 500. The Hall–Kier alpha value is -0.650. The molecule has 2 bridgehead atoms. The van der Waals surface area contributed by atoms with Crippen LogP contribution in [0.1, 0.15) is 29.6 Å². The molecular formula is C14H17BrClFN2O. The van der Waals surface area contributed by atoms with Gasteiger partial charge < -0.3 is 10.2 Å². The van der Waals surface area contributed by atoms with E-state index in [1.54, 1.807) is 6.07 Å². The maximum atomic E-state index is 13.1. The first-order valence-corrected chi connectivity index (χ1v) is 7.44. The first-order chi connectivity index (χ1) is 9.16. The number of hydrogen-bond donors (Lipinski definition) is 1. The molecule has 2 saturated heterocycles. The maximum absolute atomic E-state index is 13.1. The highest BCUT2D eigenvalue weighted by Gasteiger charge is 2.38. The van der Waals surface area contributed by atoms with E-state index in [1.807, 2.05) is 4.90 Å².